The van der Waals surface area contributed by atoms with Crippen molar-refractivity contribution in [2.24, 2.45) is 0 Å². The lowest BCUT2D eigenvalue weighted by Gasteiger charge is -2.32. The van der Waals surface area contributed by atoms with Crippen molar-refractivity contribution in [1.82, 2.24) is 0 Å². The molecule has 0 aliphatic carbocycles. The van der Waals surface area contributed by atoms with Gasteiger partial charge >= 0.3 is 0 Å². The molecule has 2 heterocycles. The molecular weight excluding hydrogens is 358 g/mol. The maximum absolute atomic E-state index is 12.5. The molecule has 2 aliphatic rings. The number of hydrogen-bond donors (Lipinski definition) is 1. The van der Waals surface area contributed by atoms with Gasteiger partial charge < -0.3 is 15.0 Å². The Morgan fingerprint density at radius 1 is 1.14 bits per heavy atom. The third-order valence-corrected chi connectivity index (χ3v) is 4.91. The van der Waals surface area contributed by atoms with Gasteiger partial charge in [0.1, 0.15) is 12.3 Å². The SMILES string of the molecule is CC1Oc2ccccc2N(CC(=O)Nc2ccc(N3CCCC3=O)cc2)C1=O. The van der Waals surface area contributed by atoms with Crippen LogP contribution in [0.4, 0.5) is 17.1 Å². The molecule has 0 bridgehead atoms. The van der Waals surface area contributed by atoms with Gasteiger partial charge in [-0.05, 0) is 49.7 Å². The molecule has 1 unspecified atom stereocenters. The monoisotopic (exact) mass is 379 g/mol. The van der Waals surface area contributed by atoms with Crippen molar-refractivity contribution in [3.8, 4) is 5.75 Å². The highest BCUT2D eigenvalue weighted by Gasteiger charge is 2.32. The summed E-state index contributed by atoms with van der Waals surface area (Å²) in [7, 11) is 0. The number of rotatable bonds is 4. The number of hydrogen-bond acceptors (Lipinski definition) is 4. The smallest absolute Gasteiger partial charge is 0.268 e. The summed E-state index contributed by atoms with van der Waals surface area (Å²) in [5.41, 5.74) is 2.03. The average Bonchev–Trinajstić information content (AvgIpc) is 3.12. The Balaban J connectivity index is 1.44. The number of benzene rings is 2. The first-order valence-electron chi connectivity index (χ1n) is 9.30. The molecule has 7 nitrogen and oxygen atoms in total. The van der Waals surface area contributed by atoms with Gasteiger partial charge in [-0.3, -0.25) is 19.3 Å². The Morgan fingerprint density at radius 2 is 1.89 bits per heavy atom. The van der Waals surface area contributed by atoms with Gasteiger partial charge in [0.25, 0.3) is 5.91 Å². The highest BCUT2D eigenvalue weighted by molar-refractivity contribution is 6.06. The average molecular weight is 379 g/mol. The predicted molar refractivity (Wildman–Crippen MR) is 106 cm³/mol. The Morgan fingerprint density at radius 3 is 2.61 bits per heavy atom. The number of nitrogens with one attached hydrogen (secondary N) is 1. The zero-order valence-electron chi connectivity index (χ0n) is 15.6. The van der Waals surface area contributed by atoms with Gasteiger partial charge in [-0.2, -0.15) is 0 Å². The Bertz CT molecular complexity index is 926. The second-order valence-corrected chi connectivity index (χ2v) is 6.90. The van der Waals surface area contributed by atoms with Crippen LogP contribution in [-0.4, -0.2) is 36.9 Å². The van der Waals surface area contributed by atoms with Crippen molar-refractivity contribution in [2.45, 2.75) is 25.9 Å². The van der Waals surface area contributed by atoms with Crippen LogP contribution < -0.4 is 19.9 Å². The van der Waals surface area contributed by atoms with Crippen LogP contribution in [0.1, 0.15) is 19.8 Å². The number of nitrogens with zero attached hydrogens (tertiary/aromatic N) is 2. The van der Waals surface area contributed by atoms with E-state index in [0.717, 1.165) is 18.7 Å². The second-order valence-electron chi connectivity index (χ2n) is 6.90. The molecule has 3 amide bonds. The minimum atomic E-state index is -0.639. The highest BCUT2D eigenvalue weighted by Crippen LogP contribution is 2.33. The summed E-state index contributed by atoms with van der Waals surface area (Å²) in [5, 5.41) is 2.81. The van der Waals surface area contributed by atoms with Crippen LogP contribution >= 0.6 is 0 Å². The highest BCUT2D eigenvalue weighted by atomic mass is 16.5. The van der Waals surface area contributed by atoms with E-state index >= 15 is 0 Å². The van der Waals surface area contributed by atoms with Crippen LogP contribution in [0.3, 0.4) is 0 Å². The standard InChI is InChI=1S/C21H21N3O4/c1-14-21(27)24(17-5-2-3-6-18(17)28-14)13-19(25)22-15-8-10-16(11-9-15)23-12-4-7-20(23)26/h2-3,5-6,8-11,14H,4,7,12-13H2,1H3,(H,22,25). The fourth-order valence-corrected chi connectivity index (χ4v) is 3.51. The zero-order chi connectivity index (χ0) is 19.7. The van der Waals surface area contributed by atoms with E-state index in [0.29, 0.717) is 23.5 Å². The third-order valence-electron chi connectivity index (χ3n) is 4.91. The van der Waals surface area contributed by atoms with E-state index in [9.17, 15) is 14.4 Å². The number of para-hydroxylation sites is 2. The minimum absolute atomic E-state index is 0.101. The molecular formula is C21H21N3O4. The Labute approximate surface area is 162 Å². The topological polar surface area (TPSA) is 79.0 Å². The molecule has 1 saturated heterocycles. The van der Waals surface area contributed by atoms with Crippen molar-refractivity contribution in [1.29, 1.82) is 0 Å². The molecule has 0 radical (unpaired) electrons. The Hall–Kier alpha value is -3.35. The maximum Gasteiger partial charge on any atom is 0.268 e. The van der Waals surface area contributed by atoms with Crippen LogP contribution in [-0.2, 0) is 14.4 Å². The van der Waals surface area contributed by atoms with Gasteiger partial charge in [0.2, 0.25) is 11.8 Å². The molecule has 28 heavy (non-hydrogen) atoms. The van der Waals surface area contributed by atoms with Gasteiger partial charge in [-0.25, -0.2) is 0 Å². The second kappa shape index (κ2) is 7.34. The largest absolute Gasteiger partial charge is 0.479 e. The summed E-state index contributed by atoms with van der Waals surface area (Å²) in [5.74, 6) is 0.149. The molecule has 4 rings (SSSR count). The molecule has 1 N–H and O–H groups in total. The molecule has 0 aromatic heterocycles. The van der Waals surface area contributed by atoms with Crippen LogP contribution in [0.2, 0.25) is 0 Å². The Kier molecular flexibility index (Phi) is 4.73. The third kappa shape index (κ3) is 3.43. The minimum Gasteiger partial charge on any atom is -0.479 e. The molecule has 2 aromatic carbocycles. The van der Waals surface area contributed by atoms with Crippen molar-refractivity contribution < 1.29 is 19.1 Å². The quantitative estimate of drug-likeness (QED) is 0.886. The number of carbonyl (C=O) groups is 3. The lowest BCUT2D eigenvalue weighted by Crippen LogP contribution is -2.47. The van der Waals surface area contributed by atoms with E-state index in [1.54, 1.807) is 42.2 Å². The summed E-state index contributed by atoms with van der Waals surface area (Å²) < 4.78 is 5.59. The van der Waals surface area contributed by atoms with Gasteiger partial charge in [0.05, 0.1) is 5.69 Å². The van der Waals surface area contributed by atoms with Crippen LogP contribution in [0.5, 0.6) is 5.75 Å². The summed E-state index contributed by atoms with van der Waals surface area (Å²) in [6.07, 6.45) is 0.802. The number of carbonyl (C=O) groups excluding carboxylic acids is 3. The molecule has 7 heteroatoms. The molecule has 2 aromatic rings. The first-order valence-corrected chi connectivity index (χ1v) is 9.30. The number of anilines is 3. The first kappa shape index (κ1) is 18.0. The van der Waals surface area contributed by atoms with E-state index in [2.05, 4.69) is 5.32 Å². The van der Waals surface area contributed by atoms with E-state index in [1.165, 1.54) is 4.90 Å². The van der Waals surface area contributed by atoms with Crippen LogP contribution in [0, 0.1) is 0 Å². The molecule has 2 aliphatic heterocycles. The summed E-state index contributed by atoms with van der Waals surface area (Å²) in [6.45, 7) is 2.29. The van der Waals surface area contributed by atoms with Crippen molar-refractivity contribution in [2.75, 3.05) is 28.2 Å². The molecule has 0 spiro atoms. The first-order chi connectivity index (χ1) is 13.5. The van der Waals surface area contributed by atoms with E-state index in [-0.39, 0.29) is 24.3 Å². The molecule has 144 valence electrons. The van der Waals surface area contributed by atoms with Crippen molar-refractivity contribution in [3.63, 3.8) is 0 Å². The van der Waals surface area contributed by atoms with Gasteiger partial charge in [0.15, 0.2) is 6.10 Å². The van der Waals surface area contributed by atoms with E-state index in [1.807, 2.05) is 18.2 Å². The fraction of sp³-hybridized carbons (Fsp3) is 0.286. The van der Waals surface area contributed by atoms with Crippen LogP contribution in [0.25, 0.3) is 0 Å². The predicted octanol–water partition coefficient (Wildman–Crippen LogP) is 2.57. The van der Waals surface area contributed by atoms with E-state index < -0.39 is 6.10 Å². The normalized spacial score (nSPS) is 18.7. The lowest BCUT2D eigenvalue weighted by atomic mass is 10.2. The molecule has 0 saturated carbocycles. The van der Waals surface area contributed by atoms with E-state index in [4.69, 9.17) is 4.74 Å². The fourth-order valence-electron chi connectivity index (χ4n) is 3.51. The van der Waals surface area contributed by atoms with Gasteiger partial charge in [0, 0.05) is 24.3 Å². The summed E-state index contributed by atoms with van der Waals surface area (Å²) >= 11 is 0. The number of amides is 3. The van der Waals surface area contributed by atoms with Crippen molar-refractivity contribution in [3.05, 3.63) is 48.5 Å². The lowest BCUT2D eigenvalue weighted by molar-refractivity contribution is -0.127. The van der Waals surface area contributed by atoms with Gasteiger partial charge in [-0.1, -0.05) is 12.1 Å². The summed E-state index contributed by atoms with van der Waals surface area (Å²) in [6, 6.07) is 14.3. The van der Waals surface area contributed by atoms with Crippen LogP contribution in [0.15, 0.2) is 48.5 Å². The molecule has 1 fully saturated rings. The van der Waals surface area contributed by atoms with Gasteiger partial charge in [-0.15, -0.1) is 0 Å². The van der Waals surface area contributed by atoms with Crippen molar-refractivity contribution >= 4 is 34.8 Å². The number of fused-ring (bicyclic) bond motifs is 1. The number of ether oxygens (including phenoxy) is 1. The summed E-state index contributed by atoms with van der Waals surface area (Å²) in [4.78, 5) is 40.0. The zero-order valence-corrected chi connectivity index (χ0v) is 15.6. The molecule has 1 atom stereocenters. The maximum atomic E-state index is 12.5.